The fourth-order valence-corrected chi connectivity index (χ4v) is 2.21. The average molecular weight is 275 g/mol. The highest BCUT2D eigenvalue weighted by molar-refractivity contribution is 7.99. The van der Waals surface area contributed by atoms with E-state index in [2.05, 4.69) is 21.2 Å². The van der Waals surface area contributed by atoms with Gasteiger partial charge in [-0.3, -0.25) is 4.79 Å². The molecule has 2 N–H and O–H groups in total. The number of terminal acetylenes is 1. The van der Waals surface area contributed by atoms with Crippen LogP contribution in [0.3, 0.4) is 0 Å². The van der Waals surface area contributed by atoms with Crippen LogP contribution in [0.5, 0.6) is 5.75 Å². The number of thioether (sulfide) groups is 1. The Balaban J connectivity index is 2.01. The predicted molar refractivity (Wildman–Crippen MR) is 75.2 cm³/mol. The van der Waals surface area contributed by atoms with Crippen molar-refractivity contribution in [2.75, 3.05) is 19.4 Å². The van der Waals surface area contributed by atoms with Crippen molar-refractivity contribution in [2.24, 2.45) is 0 Å². The quantitative estimate of drug-likeness (QED) is 0.639. The molecule has 1 heterocycles. The molecule has 0 aliphatic heterocycles. The molecule has 0 unspecified atom stereocenters. The Morgan fingerprint density at radius 2 is 2.47 bits per heavy atom. The molecule has 1 aromatic heterocycles. The Kier molecular flexibility index (Phi) is 4.31. The van der Waals surface area contributed by atoms with Gasteiger partial charge in [0.25, 0.3) is 0 Å². The molecule has 0 spiro atoms. The van der Waals surface area contributed by atoms with Gasteiger partial charge in [-0.2, -0.15) is 0 Å². The number of nitrogens with one attached hydrogen (secondary N) is 2. The molecule has 0 bridgehead atoms. The summed E-state index contributed by atoms with van der Waals surface area (Å²) in [5, 5.41) is 3.29. The molecule has 1 aromatic carbocycles. The normalized spacial score (nSPS) is 10.1. The van der Waals surface area contributed by atoms with E-state index in [1.54, 1.807) is 7.11 Å². The molecule has 0 radical (unpaired) electrons. The third-order valence-corrected chi connectivity index (χ3v) is 3.27. The smallest absolute Gasteiger partial charge is 0.231 e. The molecular weight excluding hydrogens is 262 g/mol. The number of benzene rings is 1. The van der Waals surface area contributed by atoms with E-state index in [1.807, 2.05) is 18.2 Å². The average Bonchev–Trinajstić information content (AvgIpc) is 2.84. The Morgan fingerprint density at radius 3 is 3.21 bits per heavy atom. The van der Waals surface area contributed by atoms with E-state index >= 15 is 0 Å². The highest BCUT2D eigenvalue weighted by Gasteiger charge is 2.07. The number of ether oxygens (including phenoxy) is 1. The first-order valence-electron chi connectivity index (χ1n) is 5.59. The fraction of sp³-hybridized carbons (Fsp3) is 0.231. The van der Waals surface area contributed by atoms with E-state index in [9.17, 15) is 4.79 Å². The van der Waals surface area contributed by atoms with Gasteiger partial charge in [0.1, 0.15) is 5.75 Å². The number of methoxy groups -OCH3 is 1. The van der Waals surface area contributed by atoms with Gasteiger partial charge >= 0.3 is 0 Å². The number of rotatable bonds is 5. The van der Waals surface area contributed by atoms with Crippen molar-refractivity contribution >= 4 is 28.7 Å². The molecule has 5 nitrogen and oxygen atoms in total. The number of H-pyrrole nitrogens is 1. The van der Waals surface area contributed by atoms with Crippen LogP contribution in [0.2, 0.25) is 0 Å². The van der Waals surface area contributed by atoms with E-state index in [0.717, 1.165) is 16.8 Å². The van der Waals surface area contributed by atoms with Gasteiger partial charge in [-0.1, -0.05) is 17.7 Å². The predicted octanol–water partition coefficient (Wildman–Crippen LogP) is 1.41. The second kappa shape index (κ2) is 6.16. The number of aromatic amines is 1. The van der Waals surface area contributed by atoms with Crippen molar-refractivity contribution in [1.29, 1.82) is 0 Å². The molecule has 0 aliphatic carbocycles. The number of hydrogen-bond acceptors (Lipinski definition) is 4. The van der Waals surface area contributed by atoms with Gasteiger partial charge in [0.05, 0.1) is 30.4 Å². The lowest BCUT2D eigenvalue weighted by atomic mass is 10.3. The zero-order chi connectivity index (χ0) is 13.7. The molecule has 0 saturated heterocycles. The van der Waals surface area contributed by atoms with E-state index in [4.69, 9.17) is 11.2 Å². The number of carbonyl (C=O) groups is 1. The summed E-state index contributed by atoms with van der Waals surface area (Å²) in [5.74, 6) is 3.28. The van der Waals surface area contributed by atoms with Gasteiger partial charge in [0, 0.05) is 6.07 Å². The maximum absolute atomic E-state index is 11.4. The van der Waals surface area contributed by atoms with Gasteiger partial charge in [-0.05, 0) is 12.1 Å². The van der Waals surface area contributed by atoms with Crippen molar-refractivity contribution in [1.82, 2.24) is 15.3 Å². The molecule has 0 fully saturated rings. The van der Waals surface area contributed by atoms with Crippen molar-refractivity contribution in [3.63, 3.8) is 0 Å². The maximum atomic E-state index is 11.4. The zero-order valence-electron chi connectivity index (χ0n) is 10.4. The van der Waals surface area contributed by atoms with Gasteiger partial charge in [0.2, 0.25) is 5.91 Å². The van der Waals surface area contributed by atoms with E-state index < -0.39 is 0 Å². The Morgan fingerprint density at radius 1 is 1.63 bits per heavy atom. The fourth-order valence-electron chi connectivity index (χ4n) is 1.50. The summed E-state index contributed by atoms with van der Waals surface area (Å²) in [6, 6.07) is 5.58. The molecule has 0 aliphatic rings. The molecule has 19 heavy (non-hydrogen) atoms. The molecule has 6 heteroatoms. The van der Waals surface area contributed by atoms with Crippen LogP contribution in [-0.2, 0) is 4.79 Å². The summed E-state index contributed by atoms with van der Waals surface area (Å²) in [6.45, 7) is 0.247. The third kappa shape index (κ3) is 3.42. The first-order chi connectivity index (χ1) is 9.22. The summed E-state index contributed by atoms with van der Waals surface area (Å²) < 4.78 is 5.14. The maximum Gasteiger partial charge on any atom is 0.231 e. The monoisotopic (exact) mass is 275 g/mol. The Bertz CT molecular complexity index is 630. The summed E-state index contributed by atoms with van der Waals surface area (Å²) in [4.78, 5) is 18.9. The van der Waals surface area contributed by atoms with Gasteiger partial charge < -0.3 is 15.0 Å². The molecular formula is C13H13N3O2S. The Labute approximate surface area is 115 Å². The van der Waals surface area contributed by atoms with Crippen LogP contribution in [0.15, 0.2) is 23.4 Å². The Hall–Kier alpha value is -2.13. The summed E-state index contributed by atoms with van der Waals surface area (Å²) >= 11 is 1.33. The molecule has 1 amide bonds. The standard InChI is InChI=1S/C13H13N3O2S/c1-3-6-14-12(17)8-19-13-15-10-5-4-9(18-2)7-11(10)16-13/h1,4-5,7H,6,8H2,2H3,(H,14,17)(H,15,16). The molecule has 2 aromatic rings. The SMILES string of the molecule is C#CCNC(=O)CSc1nc2ccc(OC)cc2[nH]1. The minimum atomic E-state index is -0.110. The van der Waals surface area contributed by atoms with Crippen molar-refractivity contribution in [3.05, 3.63) is 18.2 Å². The number of amides is 1. The number of aromatic nitrogens is 2. The first-order valence-corrected chi connectivity index (χ1v) is 6.58. The highest BCUT2D eigenvalue weighted by Crippen LogP contribution is 2.22. The van der Waals surface area contributed by atoms with Crippen LogP contribution in [0, 0.1) is 12.3 Å². The number of carbonyl (C=O) groups excluding carboxylic acids is 1. The van der Waals surface area contributed by atoms with Crippen molar-refractivity contribution in [2.45, 2.75) is 5.16 Å². The topological polar surface area (TPSA) is 67.0 Å². The third-order valence-electron chi connectivity index (χ3n) is 2.39. The van der Waals surface area contributed by atoms with Gasteiger partial charge in [0.15, 0.2) is 5.16 Å². The number of imidazole rings is 1. The molecule has 98 valence electrons. The minimum absolute atomic E-state index is 0.110. The zero-order valence-corrected chi connectivity index (χ0v) is 11.2. The second-order valence-electron chi connectivity index (χ2n) is 3.69. The van der Waals surface area contributed by atoms with Gasteiger partial charge in [-0.15, -0.1) is 6.42 Å². The van der Waals surface area contributed by atoms with E-state index in [0.29, 0.717) is 5.16 Å². The summed E-state index contributed by atoms with van der Waals surface area (Å²) in [7, 11) is 1.61. The number of nitrogens with zero attached hydrogens (tertiary/aromatic N) is 1. The van der Waals surface area contributed by atoms with Crippen molar-refractivity contribution < 1.29 is 9.53 Å². The largest absolute Gasteiger partial charge is 0.497 e. The first kappa shape index (κ1) is 13.3. The summed E-state index contributed by atoms with van der Waals surface area (Å²) in [5.41, 5.74) is 1.72. The van der Waals surface area contributed by atoms with Crippen LogP contribution in [0.4, 0.5) is 0 Å². The number of hydrogen-bond donors (Lipinski definition) is 2. The molecule has 0 saturated carbocycles. The van der Waals surface area contributed by atoms with Crippen LogP contribution in [0.25, 0.3) is 11.0 Å². The van der Waals surface area contributed by atoms with Crippen LogP contribution < -0.4 is 10.1 Å². The van der Waals surface area contributed by atoms with Crippen molar-refractivity contribution in [3.8, 4) is 18.1 Å². The lowest BCUT2D eigenvalue weighted by Crippen LogP contribution is -2.25. The number of fused-ring (bicyclic) bond motifs is 1. The van der Waals surface area contributed by atoms with E-state index in [1.165, 1.54) is 11.8 Å². The van der Waals surface area contributed by atoms with E-state index in [-0.39, 0.29) is 18.2 Å². The highest BCUT2D eigenvalue weighted by atomic mass is 32.2. The van der Waals surface area contributed by atoms with Gasteiger partial charge in [-0.25, -0.2) is 4.98 Å². The minimum Gasteiger partial charge on any atom is -0.497 e. The van der Waals surface area contributed by atoms with Crippen LogP contribution in [0.1, 0.15) is 0 Å². The molecule has 0 atom stereocenters. The van der Waals surface area contributed by atoms with Crippen LogP contribution in [-0.4, -0.2) is 35.3 Å². The summed E-state index contributed by atoms with van der Waals surface area (Å²) in [6.07, 6.45) is 5.06. The van der Waals surface area contributed by atoms with Crippen LogP contribution >= 0.6 is 11.8 Å². The lowest BCUT2D eigenvalue weighted by molar-refractivity contribution is -0.118. The lowest BCUT2D eigenvalue weighted by Gasteiger charge is -1.98. The molecule has 2 rings (SSSR count). The second-order valence-corrected chi connectivity index (χ2v) is 4.66.